The summed E-state index contributed by atoms with van der Waals surface area (Å²) in [7, 11) is -2.35. The molecule has 1 atom stereocenters. The lowest BCUT2D eigenvalue weighted by Gasteiger charge is -2.21. The van der Waals surface area contributed by atoms with Crippen LogP contribution < -0.4 is 10.1 Å². The highest BCUT2D eigenvalue weighted by atomic mass is 32.2. The van der Waals surface area contributed by atoms with Crippen molar-refractivity contribution >= 4 is 21.9 Å². The van der Waals surface area contributed by atoms with Crippen LogP contribution in [0.5, 0.6) is 5.75 Å². The third-order valence-electron chi connectivity index (χ3n) is 4.60. The third-order valence-corrected chi connectivity index (χ3v) is 6.49. The normalized spacial score (nSPS) is 16.7. The van der Waals surface area contributed by atoms with E-state index in [2.05, 4.69) is 5.32 Å². The molecule has 0 radical (unpaired) electrons. The van der Waals surface area contributed by atoms with Crippen LogP contribution in [0.25, 0.3) is 0 Å². The minimum absolute atomic E-state index is 0.00723. The zero-order valence-corrected chi connectivity index (χ0v) is 17.4. The van der Waals surface area contributed by atoms with Crippen molar-refractivity contribution in [2.24, 2.45) is 0 Å². The van der Waals surface area contributed by atoms with E-state index >= 15 is 0 Å². The van der Waals surface area contributed by atoms with E-state index in [9.17, 15) is 18.0 Å². The molecule has 1 aliphatic heterocycles. The van der Waals surface area contributed by atoms with E-state index in [0.29, 0.717) is 19.6 Å². The molecule has 1 aromatic carbocycles. The van der Waals surface area contributed by atoms with Gasteiger partial charge in [-0.15, -0.1) is 0 Å². The Bertz CT molecular complexity index is 801. The Hall–Kier alpha value is -2.13. The smallest absolute Gasteiger partial charge is 0.342 e. The fourth-order valence-corrected chi connectivity index (χ4v) is 4.58. The lowest BCUT2D eigenvalue weighted by atomic mass is 10.2. The molecular formula is C19H28N2O6S. The first-order valence-corrected chi connectivity index (χ1v) is 10.9. The molecule has 28 heavy (non-hydrogen) atoms. The molecule has 1 saturated heterocycles. The summed E-state index contributed by atoms with van der Waals surface area (Å²) in [6.07, 6.45) is 2.62. The Labute approximate surface area is 166 Å². The molecule has 1 fully saturated rings. The molecule has 0 aromatic heterocycles. The molecule has 0 unspecified atom stereocenters. The van der Waals surface area contributed by atoms with Crippen LogP contribution in [0.1, 0.15) is 49.9 Å². The summed E-state index contributed by atoms with van der Waals surface area (Å²) in [5, 5.41) is 2.57. The second-order valence-corrected chi connectivity index (χ2v) is 8.56. The summed E-state index contributed by atoms with van der Waals surface area (Å²) < 4.78 is 37.8. The van der Waals surface area contributed by atoms with E-state index < -0.39 is 28.0 Å². The number of hydrogen-bond donors (Lipinski definition) is 1. The zero-order valence-electron chi connectivity index (χ0n) is 16.6. The highest BCUT2D eigenvalue weighted by molar-refractivity contribution is 7.89. The van der Waals surface area contributed by atoms with E-state index in [-0.39, 0.29) is 16.2 Å². The number of carbonyl (C=O) groups is 2. The standard InChI is InChI=1S/C19H28N2O6S/c1-4-20-18(22)14(2)27-19(23)16-13-15(9-10-17(16)26-3)28(24,25)21-11-7-5-6-8-12-21/h9-10,13-14H,4-8,11-12H2,1-3H3,(H,20,22)/t14-/m1/s1. The predicted molar refractivity (Wildman–Crippen MR) is 104 cm³/mol. The van der Waals surface area contributed by atoms with Crippen molar-refractivity contribution in [3.63, 3.8) is 0 Å². The van der Waals surface area contributed by atoms with E-state index in [1.807, 2.05) is 0 Å². The second kappa shape index (κ2) is 9.88. The molecular weight excluding hydrogens is 384 g/mol. The first kappa shape index (κ1) is 22.2. The molecule has 8 nitrogen and oxygen atoms in total. The number of amides is 1. The van der Waals surface area contributed by atoms with Crippen molar-refractivity contribution in [1.29, 1.82) is 0 Å². The number of ether oxygens (including phenoxy) is 2. The van der Waals surface area contributed by atoms with Gasteiger partial charge in [0.05, 0.1) is 12.0 Å². The number of nitrogens with one attached hydrogen (secondary N) is 1. The highest BCUT2D eigenvalue weighted by Crippen LogP contribution is 2.27. The number of methoxy groups -OCH3 is 1. The van der Waals surface area contributed by atoms with Crippen LogP contribution in [-0.4, -0.2) is 57.4 Å². The van der Waals surface area contributed by atoms with Gasteiger partial charge < -0.3 is 14.8 Å². The maximum Gasteiger partial charge on any atom is 0.342 e. The lowest BCUT2D eigenvalue weighted by Crippen LogP contribution is -2.35. The second-order valence-electron chi connectivity index (χ2n) is 6.62. The van der Waals surface area contributed by atoms with Crippen molar-refractivity contribution < 1.29 is 27.5 Å². The fraction of sp³-hybridized carbons (Fsp3) is 0.579. The SMILES string of the molecule is CCNC(=O)[C@@H](C)OC(=O)c1cc(S(=O)(=O)N2CCCCCC2)ccc1OC. The van der Waals surface area contributed by atoms with Crippen LogP contribution in [0.4, 0.5) is 0 Å². The molecule has 0 aliphatic carbocycles. The van der Waals surface area contributed by atoms with E-state index in [0.717, 1.165) is 25.7 Å². The Morgan fingerprint density at radius 2 is 1.82 bits per heavy atom. The van der Waals surface area contributed by atoms with Gasteiger partial charge in [-0.25, -0.2) is 13.2 Å². The van der Waals surface area contributed by atoms with Crippen molar-refractivity contribution in [3.8, 4) is 5.75 Å². The van der Waals surface area contributed by atoms with E-state index in [4.69, 9.17) is 9.47 Å². The topological polar surface area (TPSA) is 102 Å². The molecule has 0 saturated carbocycles. The van der Waals surface area contributed by atoms with Crippen LogP contribution in [0.2, 0.25) is 0 Å². The highest BCUT2D eigenvalue weighted by Gasteiger charge is 2.28. The van der Waals surface area contributed by atoms with Gasteiger partial charge in [-0.3, -0.25) is 4.79 Å². The molecule has 2 rings (SSSR count). The number of likely N-dealkylation sites (N-methyl/N-ethyl adjacent to an activating group) is 1. The number of carbonyl (C=O) groups excluding carboxylic acids is 2. The van der Waals surface area contributed by atoms with Gasteiger partial charge in [-0.1, -0.05) is 12.8 Å². The minimum atomic E-state index is -3.73. The van der Waals surface area contributed by atoms with Gasteiger partial charge in [0.15, 0.2) is 6.10 Å². The Balaban J connectivity index is 2.30. The molecule has 0 bridgehead atoms. The number of rotatable bonds is 7. The number of nitrogens with zero attached hydrogens (tertiary/aromatic N) is 1. The molecule has 9 heteroatoms. The molecule has 156 valence electrons. The Kier molecular flexibility index (Phi) is 7.82. The van der Waals surface area contributed by atoms with Gasteiger partial charge in [0, 0.05) is 19.6 Å². The third kappa shape index (κ3) is 5.23. The maximum absolute atomic E-state index is 13.0. The van der Waals surface area contributed by atoms with Gasteiger partial charge in [0.25, 0.3) is 5.91 Å². The van der Waals surface area contributed by atoms with Gasteiger partial charge in [0.1, 0.15) is 11.3 Å². The summed E-state index contributed by atoms with van der Waals surface area (Å²) in [5.41, 5.74) is -0.0328. The maximum atomic E-state index is 13.0. The molecule has 1 heterocycles. The van der Waals surface area contributed by atoms with Gasteiger partial charge in [-0.05, 0) is 44.9 Å². The average Bonchev–Trinajstić information content (AvgIpc) is 2.97. The lowest BCUT2D eigenvalue weighted by molar-refractivity contribution is -0.128. The first-order valence-electron chi connectivity index (χ1n) is 9.48. The van der Waals surface area contributed by atoms with Crippen LogP contribution in [0, 0.1) is 0 Å². The zero-order chi connectivity index (χ0) is 20.7. The summed E-state index contributed by atoms with van der Waals surface area (Å²) in [6, 6.07) is 4.10. The largest absolute Gasteiger partial charge is 0.496 e. The number of esters is 1. The fourth-order valence-electron chi connectivity index (χ4n) is 3.03. The van der Waals surface area contributed by atoms with Crippen LogP contribution >= 0.6 is 0 Å². The van der Waals surface area contributed by atoms with Crippen LogP contribution in [-0.2, 0) is 19.6 Å². The number of sulfonamides is 1. The molecule has 1 aromatic rings. The number of hydrogen-bond acceptors (Lipinski definition) is 6. The summed E-state index contributed by atoms with van der Waals surface area (Å²) in [5.74, 6) is -1.06. The summed E-state index contributed by atoms with van der Waals surface area (Å²) in [4.78, 5) is 24.4. The first-order chi connectivity index (χ1) is 13.3. The minimum Gasteiger partial charge on any atom is -0.496 e. The van der Waals surface area contributed by atoms with Gasteiger partial charge >= 0.3 is 5.97 Å². The summed E-state index contributed by atoms with van der Waals surface area (Å²) >= 11 is 0. The van der Waals surface area contributed by atoms with Crippen molar-refractivity contribution in [1.82, 2.24) is 9.62 Å². The van der Waals surface area contributed by atoms with Crippen LogP contribution in [0.15, 0.2) is 23.1 Å². The van der Waals surface area contributed by atoms with Crippen LogP contribution in [0.3, 0.4) is 0 Å². The Morgan fingerprint density at radius 3 is 2.39 bits per heavy atom. The molecule has 0 spiro atoms. The van der Waals surface area contributed by atoms with E-state index in [1.165, 1.54) is 36.5 Å². The monoisotopic (exact) mass is 412 g/mol. The van der Waals surface area contributed by atoms with Crippen molar-refractivity contribution in [2.45, 2.75) is 50.5 Å². The Morgan fingerprint density at radius 1 is 1.18 bits per heavy atom. The van der Waals surface area contributed by atoms with Gasteiger partial charge in [-0.2, -0.15) is 4.31 Å². The van der Waals surface area contributed by atoms with E-state index in [1.54, 1.807) is 6.92 Å². The van der Waals surface area contributed by atoms with Crippen molar-refractivity contribution in [3.05, 3.63) is 23.8 Å². The van der Waals surface area contributed by atoms with Gasteiger partial charge in [0.2, 0.25) is 10.0 Å². The average molecular weight is 413 g/mol. The molecule has 1 aliphatic rings. The molecule has 1 N–H and O–H groups in total. The predicted octanol–water partition coefficient (Wildman–Crippen LogP) is 1.94. The summed E-state index contributed by atoms with van der Waals surface area (Å²) in [6.45, 7) is 4.54. The molecule has 1 amide bonds. The number of benzene rings is 1. The van der Waals surface area contributed by atoms with Crippen molar-refractivity contribution in [2.75, 3.05) is 26.7 Å². The quantitative estimate of drug-likeness (QED) is 0.687.